The summed E-state index contributed by atoms with van der Waals surface area (Å²) in [5, 5.41) is 11.8. The molecule has 0 saturated carbocycles. The van der Waals surface area contributed by atoms with E-state index in [1.807, 2.05) is 22.9 Å². The minimum atomic E-state index is 0.521. The van der Waals surface area contributed by atoms with E-state index in [1.165, 1.54) is 4.80 Å². The highest BCUT2D eigenvalue weighted by Crippen LogP contribution is 2.02. The SMILES string of the molecule is Cn1nnc(Cn2cccc2CN)n1. The van der Waals surface area contributed by atoms with Gasteiger partial charge in [-0.2, -0.15) is 4.80 Å². The first kappa shape index (κ1) is 8.89. The fourth-order valence-corrected chi connectivity index (χ4v) is 1.33. The normalized spacial score (nSPS) is 10.7. The number of nitrogens with zero attached hydrogens (tertiary/aromatic N) is 5. The number of aromatic nitrogens is 5. The Balaban J connectivity index is 2.18. The largest absolute Gasteiger partial charge is 0.342 e. The van der Waals surface area contributed by atoms with Gasteiger partial charge in [0, 0.05) is 18.4 Å². The second-order valence-electron chi connectivity index (χ2n) is 3.03. The molecule has 2 heterocycles. The van der Waals surface area contributed by atoms with Crippen LogP contribution >= 0.6 is 0 Å². The van der Waals surface area contributed by atoms with Crippen molar-refractivity contribution >= 4 is 0 Å². The van der Waals surface area contributed by atoms with E-state index in [1.54, 1.807) is 7.05 Å². The fraction of sp³-hybridized carbons (Fsp3) is 0.375. The van der Waals surface area contributed by atoms with Crippen LogP contribution in [0.2, 0.25) is 0 Å². The molecular formula is C8H12N6. The molecule has 0 atom stereocenters. The van der Waals surface area contributed by atoms with Crippen LogP contribution in [-0.2, 0) is 20.1 Å². The van der Waals surface area contributed by atoms with Gasteiger partial charge in [-0.05, 0) is 17.3 Å². The number of rotatable bonds is 3. The number of tetrazole rings is 1. The third-order valence-corrected chi connectivity index (χ3v) is 1.99. The molecule has 0 aliphatic heterocycles. The summed E-state index contributed by atoms with van der Waals surface area (Å²) in [7, 11) is 1.75. The maximum atomic E-state index is 5.57. The average Bonchev–Trinajstić information content (AvgIpc) is 2.76. The Morgan fingerprint density at radius 1 is 1.50 bits per heavy atom. The zero-order chi connectivity index (χ0) is 9.97. The molecule has 6 nitrogen and oxygen atoms in total. The monoisotopic (exact) mass is 192 g/mol. The first-order valence-electron chi connectivity index (χ1n) is 4.36. The maximum absolute atomic E-state index is 5.57. The molecule has 0 saturated heterocycles. The van der Waals surface area contributed by atoms with Crippen LogP contribution in [-0.4, -0.2) is 24.8 Å². The molecule has 0 spiro atoms. The van der Waals surface area contributed by atoms with Crippen molar-refractivity contribution in [3.05, 3.63) is 29.8 Å². The molecule has 0 aliphatic rings. The van der Waals surface area contributed by atoms with Crippen molar-refractivity contribution in [3.63, 3.8) is 0 Å². The second kappa shape index (κ2) is 3.59. The van der Waals surface area contributed by atoms with Crippen molar-refractivity contribution < 1.29 is 0 Å². The Bertz CT molecular complexity index is 415. The van der Waals surface area contributed by atoms with Gasteiger partial charge in [-0.1, -0.05) is 0 Å². The molecule has 0 bridgehead atoms. The highest BCUT2D eigenvalue weighted by Gasteiger charge is 2.03. The maximum Gasteiger partial charge on any atom is 0.194 e. The van der Waals surface area contributed by atoms with Crippen molar-refractivity contribution in [2.45, 2.75) is 13.1 Å². The molecule has 74 valence electrons. The molecular weight excluding hydrogens is 180 g/mol. The van der Waals surface area contributed by atoms with Crippen molar-refractivity contribution in [3.8, 4) is 0 Å². The summed E-state index contributed by atoms with van der Waals surface area (Å²) < 4.78 is 2.01. The summed E-state index contributed by atoms with van der Waals surface area (Å²) >= 11 is 0. The van der Waals surface area contributed by atoms with E-state index < -0.39 is 0 Å². The van der Waals surface area contributed by atoms with Gasteiger partial charge in [-0.15, -0.1) is 10.2 Å². The minimum absolute atomic E-state index is 0.521. The van der Waals surface area contributed by atoms with Gasteiger partial charge in [0.25, 0.3) is 0 Å². The number of hydrogen-bond donors (Lipinski definition) is 1. The molecule has 0 aliphatic carbocycles. The van der Waals surface area contributed by atoms with Gasteiger partial charge < -0.3 is 10.3 Å². The van der Waals surface area contributed by atoms with Gasteiger partial charge in [0.1, 0.15) is 0 Å². The Kier molecular flexibility index (Phi) is 2.28. The molecule has 14 heavy (non-hydrogen) atoms. The Labute approximate surface area is 81.3 Å². The zero-order valence-corrected chi connectivity index (χ0v) is 7.96. The zero-order valence-electron chi connectivity index (χ0n) is 7.96. The Hall–Kier alpha value is -1.69. The molecule has 0 radical (unpaired) electrons. The molecule has 2 aromatic rings. The molecule has 6 heteroatoms. The standard InChI is InChI=1S/C8H12N6/c1-13-11-8(10-12-13)6-14-4-2-3-7(14)5-9/h2-4H,5-6,9H2,1H3. The number of aryl methyl sites for hydroxylation is 1. The summed E-state index contributed by atoms with van der Waals surface area (Å²) in [6.45, 7) is 1.14. The highest BCUT2D eigenvalue weighted by atomic mass is 15.6. The lowest BCUT2D eigenvalue weighted by Gasteiger charge is -2.03. The Morgan fingerprint density at radius 3 is 3.00 bits per heavy atom. The summed E-state index contributed by atoms with van der Waals surface area (Å²) in [4.78, 5) is 1.45. The van der Waals surface area contributed by atoms with E-state index in [9.17, 15) is 0 Å². The van der Waals surface area contributed by atoms with Gasteiger partial charge in [-0.25, -0.2) is 0 Å². The van der Waals surface area contributed by atoms with Crippen molar-refractivity contribution in [2.75, 3.05) is 0 Å². The molecule has 0 fully saturated rings. The lowest BCUT2D eigenvalue weighted by atomic mass is 10.4. The summed E-state index contributed by atoms with van der Waals surface area (Å²) in [5.74, 6) is 0.693. The van der Waals surface area contributed by atoms with E-state index in [2.05, 4.69) is 15.4 Å². The molecule has 0 unspecified atom stereocenters. The lowest BCUT2D eigenvalue weighted by molar-refractivity contribution is 0.623. The van der Waals surface area contributed by atoms with Gasteiger partial charge >= 0.3 is 0 Å². The number of hydrogen-bond acceptors (Lipinski definition) is 4. The molecule has 2 aromatic heterocycles. The van der Waals surface area contributed by atoms with Gasteiger partial charge in [0.05, 0.1) is 13.6 Å². The average molecular weight is 192 g/mol. The van der Waals surface area contributed by atoms with Crippen molar-refractivity contribution in [1.29, 1.82) is 0 Å². The predicted octanol–water partition coefficient (Wildman–Crippen LogP) is -0.481. The van der Waals surface area contributed by atoms with Crippen LogP contribution in [0.4, 0.5) is 0 Å². The van der Waals surface area contributed by atoms with Crippen LogP contribution in [0.15, 0.2) is 18.3 Å². The van der Waals surface area contributed by atoms with E-state index >= 15 is 0 Å². The smallest absolute Gasteiger partial charge is 0.194 e. The van der Waals surface area contributed by atoms with Crippen molar-refractivity contribution in [1.82, 2.24) is 24.8 Å². The van der Waals surface area contributed by atoms with Crippen molar-refractivity contribution in [2.24, 2.45) is 12.8 Å². The van der Waals surface area contributed by atoms with Gasteiger partial charge in [0.2, 0.25) is 0 Å². The quantitative estimate of drug-likeness (QED) is 0.712. The highest BCUT2D eigenvalue weighted by molar-refractivity contribution is 5.07. The lowest BCUT2D eigenvalue weighted by Crippen LogP contribution is -2.08. The summed E-state index contributed by atoms with van der Waals surface area (Å²) in [6, 6.07) is 3.94. The first-order valence-corrected chi connectivity index (χ1v) is 4.36. The van der Waals surface area contributed by atoms with Crippen LogP contribution in [0.3, 0.4) is 0 Å². The third kappa shape index (κ3) is 1.64. The topological polar surface area (TPSA) is 74.5 Å². The molecule has 2 N–H and O–H groups in total. The van der Waals surface area contributed by atoms with Crippen LogP contribution < -0.4 is 5.73 Å². The first-order chi connectivity index (χ1) is 6.79. The molecule has 2 rings (SSSR count). The second-order valence-corrected chi connectivity index (χ2v) is 3.03. The van der Waals surface area contributed by atoms with Crippen LogP contribution in [0.1, 0.15) is 11.5 Å². The summed E-state index contributed by atoms with van der Waals surface area (Å²) in [6.07, 6.45) is 1.96. The Morgan fingerprint density at radius 2 is 2.36 bits per heavy atom. The van der Waals surface area contributed by atoms with Gasteiger partial charge in [0.15, 0.2) is 5.82 Å². The van der Waals surface area contributed by atoms with E-state index in [0.29, 0.717) is 18.9 Å². The number of nitrogens with two attached hydrogens (primary N) is 1. The van der Waals surface area contributed by atoms with E-state index in [-0.39, 0.29) is 0 Å². The third-order valence-electron chi connectivity index (χ3n) is 1.99. The van der Waals surface area contributed by atoms with Crippen LogP contribution in [0.25, 0.3) is 0 Å². The van der Waals surface area contributed by atoms with E-state index in [0.717, 1.165) is 5.69 Å². The minimum Gasteiger partial charge on any atom is -0.342 e. The molecule has 0 amide bonds. The molecule has 0 aromatic carbocycles. The van der Waals surface area contributed by atoms with E-state index in [4.69, 9.17) is 5.73 Å². The van der Waals surface area contributed by atoms with Gasteiger partial charge in [-0.3, -0.25) is 0 Å². The fourth-order valence-electron chi connectivity index (χ4n) is 1.33. The van der Waals surface area contributed by atoms with Crippen LogP contribution in [0.5, 0.6) is 0 Å². The van der Waals surface area contributed by atoms with Crippen LogP contribution in [0, 0.1) is 0 Å². The summed E-state index contributed by atoms with van der Waals surface area (Å²) in [5.41, 5.74) is 6.64. The predicted molar refractivity (Wildman–Crippen MR) is 50.2 cm³/mol.